The molecule has 3 unspecified atom stereocenters. The van der Waals surface area contributed by atoms with E-state index in [9.17, 15) is 0 Å². The second-order valence-electron chi connectivity index (χ2n) is 7.19. The maximum absolute atomic E-state index is 2.56. The summed E-state index contributed by atoms with van der Waals surface area (Å²) in [4.78, 5) is 0. The molecule has 3 aliphatic heterocycles. The first-order valence-corrected chi connectivity index (χ1v) is 27.0. The predicted octanol–water partition coefficient (Wildman–Crippen LogP) is 6.00. The van der Waals surface area contributed by atoms with Crippen LogP contribution in [0.15, 0.2) is 0 Å². The van der Waals surface area contributed by atoms with Crippen molar-refractivity contribution in [3.05, 3.63) is 0 Å². The second-order valence-corrected chi connectivity index (χ2v) is 34.9. The van der Waals surface area contributed by atoms with Gasteiger partial charge in [-0.15, -0.1) is 0 Å². The van der Waals surface area contributed by atoms with Gasteiger partial charge in [-0.3, -0.25) is 0 Å². The molecule has 3 fully saturated rings. The van der Waals surface area contributed by atoms with Gasteiger partial charge in [0.25, 0.3) is 0 Å². The zero-order chi connectivity index (χ0) is 16.7. The Morgan fingerprint density at radius 1 is 0.708 bits per heavy atom. The van der Waals surface area contributed by atoms with Crippen LogP contribution in [0, 0.1) is 0 Å². The molecule has 0 aliphatic carbocycles. The van der Waals surface area contributed by atoms with Crippen molar-refractivity contribution in [3.8, 4) is 0 Å². The quantitative estimate of drug-likeness (QED) is 0.115. The van der Waals surface area contributed by atoms with Crippen LogP contribution in [0.4, 0.5) is 0 Å². The first kappa shape index (κ1) is 21.7. The third-order valence-electron chi connectivity index (χ3n) is 5.20. The van der Waals surface area contributed by atoms with Gasteiger partial charge in [0.05, 0.1) is 0 Å². The van der Waals surface area contributed by atoms with E-state index in [1.165, 1.54) is 51.8 Å². The van der Waals surface area contributed by atoms with E-state index in [0.29, 0.717) is 0 Å². The van der Waals surface area contributed by atoms with Gasteiger partial charge in [-0.1, -0.05) is 0 Å². The van der Waals surface area contributed by atoms with E-state index in [0.717, 1.165) is 15.7 Å². The van der Waals surface area contributed by atoms with Crippen molar-refractivity contribution in [2.45, 2.75) is 38.6 Å². The Morgan fingerprint density at radius 2 is 1.04 bits per heavy atom. The molecule has 0 aromatic carbocycles. The fraction of sp³-hybridized carbons (Fsp3) is 1.00. The third-order valence-corrected chi connectivity index (χ3v) is 37.5. The summed E-state index contributed by atoms with van der Waals surface area (Å²) in [7, 11) is 0. The first-order valence-electron chi connectivity index (χ1n) is 9.38. The maximum atomic E-state index is 2.56. The monoisotopic (exact) mass is 636 g/mol. The Balaban J connectivity index is 1.35. The number of rotatable bonds is 16. The van der Waals surface area contributed by atoms with Crippen LogP contribution in [0.2, 0.25) is 15.9 Å². The van der Waals surface area contributed by atoms with Crippen molar-refractivity contribution in [3.63, 3.8) is 0 Å². The summed E-state index contributed by atoms with van der Waals surface area (Å²) in [5, 5.41) is 3.09. The molecule has 0 bridgehead atoms. The molecule has 3 rings (SSSR count). The average molecular weight is 636 g/mol. The Labute approximate surface area is 180 Å². The van der Waals surface area contributed by atoms with Gasteiger partial charge in [0, 0.05) is 0 Å². The molecule has 3 atom stereocenters. The van der Waals surface area contributed by atoms with Crippen LogP contribution >= 0.6 is 70.6 Å². The fourth-order valence-corrected chi connectivity index (χ4v) is 36.8. The van der Waals surface area contributed by atoms with Gasteiger partial charge in [-0.2, -0.15) is 0 Å². The molecule has 0 aromatic heterocycles. The van der Waals surface area contributed by atoms with E-state index in [1.807, 2.05) is 0 Å². The summed E-state index contributed by atoms with van der Waals surface area (Å²) in [6, 6.07) is 0. The molecule has 0 radical (unpaired) electrons. The number of hydrogen-bond acceptors (Lipinski definition) is 6. The molecule has 0 nitrogen and oxygen atoms in total. The minimum absolute atomic E-state index is 1.03. The van der Waals surface area contributed by atoms with Crippen LogP contribution in [-0.2, 0) is 0 Å². The van der Waals surface area contributed by atoms with Crippen molar-refractivity contribution in [2.24, 2.45) is 0 Å². The molecule has 7 heteroatoms. The summed E-state index contributed by atoms with van der Waals surface area (Å²) in [6.45, 7) is 2.56. The number of thioether (sulfide) groups is 6. The Kier molecular flexibility index (Phi) is 10.8. The van der Waals surface area contributed by atoms with Gasteiger partial charge < -0.3 is 0 Å². The SMILES string of the molecule is C[CH2][Pb]([CH2]CSCC1CS1)([CH2]CSCC1CS1)[CH2]CSCC1CS1. The Hall–Kier alpha value is 3.02. The van der Waals surface area contributed by atoms with Crippen LogP contribution in [-0.4, -0.2) is 88.7 Å². The summed E-state index contributed by atoms with van der Waals surface area (Å²) < 4.78 is 6.66. The van der Waals surface area contributed by atoms with E-state index >= 15 is 0 Å². The van der Waals surface area contributed by atoms with Crippen LogP contribution in [0.5, 0.6) is 0 Å². The molecular formula is C17H32PbS6. The summed E-state index contributed by atoms with van der Waals surface area (Å²) in [5.41, 5.74) is 0. The van der Waals surface area contributed by atoms with E-state index in [1.54, 1.807) is 15.9 Å². The molecule has 3 aliphatic rings. The number of hydrogen-bond donors (Lipinski definition) is 0. The fourth-order valence-electron chi connectivity index (χ4n) is 2.91. The molecular weight excluding hydrogens is 604 g/mol. The molecule has 0 spiro atoms. The molecule has 3 saturated heterocycles. The second kappa shape index (κ2) is 11.9. The molecule has 0 amide bonds. The van der Waals surface area contributed by atoms with Crippen LogP contribution in [0.3, 0.4) is 0 Å². The van der Waals surface area contributed by atoms with E-state index < -0.39 is 21.2 Å². The zero-order valence-electron chi connectivity index (χ0n) is 14.9. The van der Waals surface area contributed by atoms with E-state index in [4.69, 9.17) is 0 Å². The average Bonchev–Trinajstić information content (AvgIpc) is 3.46. The molecule has 24 heavy (non-hydrogen) atoms. The topological polar surface area (TPSA) is 0 Å². The van der Waals surface area contributed by atoms with E-state index in [-0.39, 0.29) is 0 Å². The summed E-state index contributed by atoms with van der Waals surface area (Å²) in [6.07, 6.45) is 0. The van der Waals surface area contributed by atoms with Gasteiger partial charge in [0.15, 0.2) is 0 Å². The molecule has 0 saturated carbocycles. The van der Waals surface area contributed by atoms with Crippen LogP contribution in [0.25, 0.3) is 0 Å². The van der Waals surface area contributed by atoms with Crippen molar-refractivity contribution in [1.29, 1.82) is 0 Å². The van der Waals surface area contributed by atoms with Crippen LogP contribution in [0.1, 0.15) is 6.92 Å². The molecule has 0 aromatic rings. The van der Waals surface area contributed by atoms with Crippen molar-refractivity contribution in [1.82, 2.24) is 0 Å². The normalized spacial score (nSPS) is 30.1. The summed E-state index contributed by atoms with van der Waals surface area (Å²) >= 11 is 11.4. The van der Waals surface area contributed by atoms with Crippen LogP contribution < -0.4 is 0 Å². The Morgan fingerprint density at radius 3 is 1.29 bits per heavy atom. The Bertz CT molecular complexity index is 307. The van der Waals surface area contributed by atoms with Crippen molar-refractivity contribution in [2.75, 3.05) is 51.8 Å². The first-order chi connectivity index (χ1) is 11.8. The van der Waals surface area contributed by atoms with Gasteiger partial charge in [-0.25, -0.2) is 0 Å². The van der Waals surface area contributed by atoms with Crippen molar-refractivity contribution >= 4 is 91.7 Å². The van der Waals surface area contributed by atoms with Gasteiger partial charge in [0.2, 0.25) is 0 Å². The summed E-state index contributed by atoms with van der Waals surface area (Å²) in [5.74, 6) is 13.2. The zero-order valence-corrected chi connectivity index (χ0v) is 23.7. The van der Waals surface area contributed by atoms with Crippen molar-refractivity contribution < 1.29 is 0 Å². The third kappa shape index (κ3) is 9.48. The molecule has 0 N–H and O–H groups in total. The predicted molar refractivity (Wildman–Crippen MR) is 131 cm³/mol. The molecule has 3 heterocycles. The minimum atomic E-state index is -1.99. The van der Waals surface area contributed by atoms with Gasteiger partial charge >= 0.3 is 182 Å². The van der Waals surface area contributed by atoms with Gasteiger partial charge in [-0.05, 0) is 0 Å². The van der Waals surface area contributed by atoms with E-state index in [2.05, 4.69) is 77.5 Å². The van der Waals surface area contributed by atoms with Gasteiger partial charge in [0.1, 0.15) is 0 Å². The molecule has 140 valence electrons. The standard InChI is InChI=1S/3C5H9S2.C2H5.Pb/c3*1-2-6-3-5-4-7-5;1-2;/h3*5H,1-4H2;1H2,2H3;.